The van der Waals surface area contributed by atoms with Crippen LogP contribution in [0.5, 0.6) is 0 Å². The van der Waals surface area contributed by atoms with Crippen molar-refractivity contribution >= 4 is 33.6 Å². The van der Waals surface area contributed by atoms with Gasteiger partial charge < -0.3 is 11.1 Å². The highest BCUT2D eigenvalue weighted by atomic mass is 32.1. The van der Waals surface area contributed by atoms with Crippen LogP contribution >= 0.6 is 11.3 Å². The summed E-state index contributed by atoms with van der Waals surface area (Å²) >= 11 is 1.78. The number of thiophene rings is 1. The minimum absolute atomic E-state index is 0.648. The molecule has 0 fully saturated rings. The van der Waals surface area contributed by atoms with Crippen LogP contribution in [0.3, 0.4) is 0 Å². The van der Waals surface area contributed by atoms with Gasteiger partial charge in [0, 0.05) is 11.1 Å². The summed E-state index contributed by atoms with van der Waals surface area (Å²) in [5.74, 6) is 0.648. The maximum atomic E-state index is 6.89. The molecule has 0 saturated heterocycles. The van der Waals surface area contributed by atoms with Crippen LogP contribution in [0.2, 0.25) is 0 Å². The van der Waals surface area contributed by atoms with Crippen LogP contribution in [0.4, 0.5) is 5.82 Å². The predicted molar refractivity (Wildman–Crippen MR) is 97.5 cm³/mol. The van der Waals surface area contributed by atoms with Crippen LogP contribution in [0, 0.1) is 12.3 Å². The van der Waals surface area contributed by atoms with Crippen LogP contribution in [-0.4, -0.2) is 16.2 Å². The molecule has 0 amide bonds. The molecule has 2 aromatic heterocycles. The molecular weight excluding hydrogens is 304 g/mol. The van der Waals surface area contributed by atoms with Crippen molar-refractivity contribution in [2.45, 2.75) is 32.6 Å². The smallest absolute Gasteiger partial charge is 0.135 e. The molecular formula is C18H20N4S. The van der Waals surface area contributed by atoms with Gasteiger partial charge in [0.2, 0.25) is 0 Å². The number of rotatable bonds is 1. The first-order chi connectivity index (χ1) is 11.2. The number of hydrogen-bond donors (Lipinski definition) is 2. The minimum atomic E-state index is 0.648. The zero-order chi connectivity index (χ0) is 16.2. The van der Waals surface area contributed by atoms with Gasteiger partial charge >= 0.3 is 0 Å². The summed E-state index contributed by atoms with van der Waals surface area (Å²) in [6.45, 7) is 2.04. The van der Waals surface area contributed by atoms with E-state index in [4.69, 9.17) is 11.1 Å². The number of aromatic nitrogens is 2. The summed E-state index contributed by atoms with van der Waals surface area (Å²) < 4.78 is 0. The van der Waals surface area contributed by atoms with Gasteiger partial charge in [-0.05, 0) is 43.7 Å². The van der Waals surface area contributed by atoms with Gasteiger partial charge in [0.05, 0.1) is 5.39 Å². The zero-order valence-corrected chi connectivity index (χ0v) is 14.0. The molecule has 3 aromatic rings. The topological polar surface area (TPSA) is 75.7 Å². The van der Waals surface area contributed by atoms with E-state index in [1.165, 1.54) is 41.5 Å². The third kappa shape index (κ3) is 3.40. The van der Waals surface area contributed by atoms with Crippen molar-refractivity contribution in [3.63, 3.8) is 0 Å². The lowest BCUT2D eigenvalue weighted by Crippen LogP contribution is -2.00. The van der Waals surface area contributed by atoms with E-state index in [9.17, 15) is 0 Å². The lowest BCUT2D eigenvalue weighted by Gasteiger charge is -2.10. The Bertz CT molecular complexity index is 821. The summed E-state index contributed by atoms with van der Waals surface area (Å²) in [5.41, 5.74) is 9.49. The third-order valence-corrected chi connectivity index (χ3v) is 5.22. The van der Waals surface area contributed by atoms with E-state index in [0.29, 0.717) is 5.82 Å². The van der Waals surface area contributed by atoms with E-state index in [0.717, 1.165) is 22.2 Å². The second-order valence-electron chi connectivity index (χ2n) is 5.70. The van der Waals surface area contributed by atoms with Gasteiger partial charge in [-0.2, -0.15) is 0 Å². The summed E-state index contributed by atoms with van der Waals surface area (Å²) in [5, 5.41) is 8.01. The van der Waals surface area contributed by atoms with E-state index in [1.54, 1.807) is 17.7 Å². The number of anilines is 1. The van der Waals surface area contributed by atoms with Crippen molar-refractivity contribution in [1.29, 1.82) is 5.41 Å². The van der Waals surface area contributed by atoms with Crippen LogP contribution in [0.25, 0.3) is 10.2 Å². The number of nitrogens with one attached hydrogen (secondary N) is 1. The van der Waals surface area contributed by atoms with Crippen molar-refractivity contribution in [3.8, 4) is 0 Å². The van der Waals surface area contributed by atoms with Crippen molar-refractivity contribution in [2.75, 3.05) is 5.73 Å². The van der Waals surface area contributed by atoms with Gasteiger partial charge in [-0.3, -0.25) is 0 Å². The Morgan fingerprint density at radius 1 is 1.13 bits per heavy atom. The van der Waals surface area contributed by atoms with Gasteiger partial charge in [0.15, 0.2) is 0 Å². The molecule has 0 radical (unpaired) electrons. The molecule has 23 heavy (non-hydrogen) atoms. The molecule has 1 aliphatic rings. The predicted octanol–water partition coefficient (Wildman–Crippen LogP) is 4.14. The SMILES string of the molecule is Cc1ccc(C=N)cc1.Nc1ncnc2sc3c(c12)CCCC3. The lowest BCUT2D eigenvalue weighted by molar-refractivity contribution is 0.700. The Kier molecular flexibility index (Phi) is 4.67. The molecule has 2 heterocycles. The fourth-order valence-corrected chi connectivity index (χ4v) is 4.01. The fourth-order valence-electron chi connectivity index (χ4n) is 2.78. The summed E-state index contributed by atoms with van der Waals surface area (Å²) in [4.78, 5) is 10.9. The number of hydrogen-bond acceptors (Lipinski definition) is 5. The number of benzene rings is 1. The van der Waals surface area contributed by atoms with E-state index in [2.05, 4.69) is 9.97 Å². The van der Waals surface area contributed by atoms with E-state index < -0.39 is 0 Å². The number of fused-ring (bicyclic) bond motifs is 3. The standard InChI is InChI=1S/C10H11N3S.C8H9N/c11-9-8-6-3-1-2-4-7(6)14-10(8)13-5-12-9;1-7-2-4-8(6-9)5-3-7/h5H,1-4H2,(H2,11,12,13);2-6,9H,1H3. The highest BCUT2D eigenvalue weighted by Crippen LogP contribution is 2.36. The van der Waals surface area contributed by atoms with Gasteiger partial charge in [-0.1, -0.05) is 29.8 Å². The number of nitrogens with two attached hydrogens (primary N) is 1. The Balaban J connectivity index is 0.000000151. The normalized spacial score (nSPS) is 13.1. The summed E-state index contributed by atoms with van der Waals surface area (Å²) in [6.07, 6.45) is 7.81. The van der Waals surface area contributed by atoms with Crippen LogP contribution in [0.15, 0.2) is 30.6 Å². The second-order valence-corrected chi connectivity index (χ2v) is 6.79. The van der Waals surface area contributed by atoms with Crippen molar-refractivity contribution < 1.29 is 0 Å². The molecule has 118 valence electrons. The minimum Gasteiger partial charge on any atom is -0.383 e. The zero-order valence-electron chi connectivity index (χ0n) is 13.2. The maximum Gasteiger partial charge on any atom is 0.135 e. The number of nitrogens with zero attached hydrogens (tertiary/aromatic N) is 2. The number of aryl methyl sites for hydroxylation is 3. The monoisotopic (exact) mass is 324 g/mol. The van der Waals surface area contributed by atoms with Crippen molar-refractivity contribution in [3.05, 3.63) is 52.2 Å². The molecule has 5 heteroatoms. The molecule has 1 aromatic carbocycles. The molecule has 0 unspecified atom stereocenters. The van der Waals surface area contributed by atoms with Gasteiger partial charge in [0.1, 0.15) is 17.0 Å². The highest BCUT2D eigenvalue weighted by Gasteiger charge is 2.18. The van der Waals surface area contributed by atoms with Crippen LogP contribution < -0.4 is 5.73 Å². The van der Waals surface area contributed by atoms with Crippen LogP contribution in [0.1, 0.15) is 34.4 Å². The summed E-state index contributed by atoms with van der Waals surface area (Å²) in [6, 6.07) is 7.87. The Morgan fingerprint density at radius 2 is 1.87 bits per heavy atom. The molecule has 4 rings (SSSR count). The van der Waals surface area contributed by atoms with Gasteiger partial charge in [-0.15, -0.1) is 11.3 Å². The Labute approximate surface area is 139 Å². The fraction of sp³-hybridized carbons (Fsp3) is 0.278. The molecule has 3 N–H and O–H groups in total. The maximum absolute atomic E-state index is 6.89. The average molecular weight is 324 g/mol. The van der Waals surface area contributed by atoms with Crippen molar-refractivity contribution in [1.82, 2.24) is 9.97 Å². The van der Waals surface area contributed by atoms with Crippen molar-refractivity contribution in [2.24, 2.45) is 0 Å². The quantitative estimate of drug-likeness (QED) is 0.660. The molecule has 4 nitrogen and oxygen atoms in total. The van der Waals surface area contributed by atoms with Gasteiger partial charge in [-0.25, -0.2) is 9.97 Å². The number of nitrogen functional groups attached to an aromatic ring is 1. The summed E-state index contributed by atoms with van der Waals surface area (Å²) in [7, 11) is 0. The first kappa shape index (κ1) is 15.6. The lowest BCUT2D eigenvalue weighted by atomic mass is 9.97. The molecule has 0 bridgehead atoms. The largest absolute Gasteiger partial charge is 0.383 e. The Morgan fingerprint density at radius 3 is 2.61 bits per heavy atom. The van der Waals surface area contributed by atoms with E-state index >= 15 is 0 Å². The van der Waals surface area contributed by atoms with Crippen LogP contribution in [-0.2, 0) is 12.8 Å². The Hall–Kier alpha value is -2.27. The third-order valence-electron chi connectivity index (χ3n) is 4.02. The molecule has 0 aliphatic heterocycles. The second kappa shape index (κ2) is 6.87. The molecule has 0 atom stereocenters. The average Bonchev–Trinajstić information content (AvgIpc) is 2.96. The molecule has 0 spiro atoms. The molecule has 0 saturated carbocycles. The first-order valence-electron chi connectivity index (χ1n) is 7.77. The van der Waals surface area contributed by atoms with Gasteiger partial charge in [0.25, 0.3) is 0 Å². The van der Waals surface area contributed by atoms with E-state index in [-0.39, 0.29) is 0 Å². The first-order valence-corrected chi connectivity index (χ1v) is 8.58. The highest BCUT2D eigenvalue weighted by molar-refractivity contribution is 7.18. The van der Waals surface area contributed by atoms with E-state index in [1.807, 2.05) is 31.2 Å². The molecule has 1 aliphatic carbocycles.